The molecule has 1 aromatic rings. The lowest BCUT2D eigenvalue weighted by atomic mass is 9.93. The second kappa shape index (κ2) is 12.1. The van der Waals surface area contributed by atoms with Gasteiger partial charge < -0.3 is 24.4 Å². The average Bonchev–Trinajstić information content (AvgIpc) is 3.11. The van der Waals surface area contributed by atoms with E-state index >= 15 is 0 Å². The highest BCUT2D eigenvalue weighted by atomic mass is 16.5. The molecule has 3 amide bonds. The maximum absolute atomic E-state index is 13.3. The third-order valence-corrected chi connectivity index (χ3v) is 6.58. The first-order valence-corrected chi connectivity index (χ1v) is 12.4. The number of esters is 1. The minimum absolute atomic E-state index is 0.0542. The Balaban J connectivity index is 2.02. The van der Waals surface area contributed by atoms with Crippen LogP contribution in [0.2, 0.25) is 0 Å². The molecule has 1 saturated heterocycles. The maximum Gasteiger partial charge on any atom is 0.338 e. The van der Waals surface area contributed by atoms with Gasteiger partial charge in [-0.3, -0.25) is 14.6 Å². The summed E-state index contributed by atoms with van der Waals surface area (Å²) in [5.74, 6) is 0.522. The van der Waals surface area contributed by atoms with Gasteiger partial charge in [-0.15, -0.1) is 0 Å². The number of amides is 3. The fourth-order valence-electron chi connectivity index (χ4n) is 4.70. The predicted octanol–water partition coefficient (Wildman–Crippen LogP) is 2.41. The first-order chi connectivity index (χ1) is 17.2. The van der Waals surface area contributed by atoms with Crippen molar-refractivity contribution in [3.63, 3.8) is 0 Å². The SMILES string of the molecule is CCOC(=O)C1=C(CN2CCCN(C(=O)C(C)C)CC2)N(C)C(=O)NC1c1cccc(OC)c1OC. The van der Waals surface area contributed by atoms with E-state index in [9.17, 15) is 14.4 Å². The highest BCUT2D eigenvalue weighted by molar-refractivity contribution is 5.95. The van der Waals surface area contributed by atoms with Crippen LogP contribution in [0, 0.1) is 5.92 Å². The number of ether oxygens (including phenoxy) is 3. The Morgan fingerprint density at radius 3 is 2.50 bits per heavy atom. The summed E-state index contributed by atoms with van der Waals surface area (Å²) in [4.78, 5) is 44.5. The third kappa shape index (κ3) is 5.75. The number of hydrogen-bond donors (Lipinski definition) is 1. The second-order valence-corrected chi connectivity index (χ2v) is 9.21. The van der Waals surface area contributed by atoms with Crippen molar-refractivity contribution in [1.82, 2.24) is 20.0 Å². The zero-order valence-corrected chi connectivity index (χ0v) is 22.1. The minimum Gasteiger partial charge on any atom is -0.493 e. The van der Waals surface area contributed by atoms with Crippen molar-refractivity contribution in [3.8, 4) is 11.5 Å². The number of benzene rings is 1. The van der Waals surface area contributed by atoms with E-state index in [1.54, 1.807) is 32.2 Å². The number of nitrogens with one attached hydrogen (secondary N) is 1. The topological polar surface area (TPSA) is 101 Å². The van der Waals surface area contributed by atoms with Crippen molar-refractivity contribution in [1.29, 1.82) is 0 Å². The molecule has 0 spiro atoms. The fourth-order valence-corrected chi connectivity index (χ4v) is 4.70. The molecule has 10 nitrogen and oxygen atoms in total. The lowest BCUT2D eigenvalue weighted by Gasteiger charge is -2.37. The lowest BCUT2D eigenvalue weighted by Crippen LogP contribution is -2.49. The summed E-state index contributed by atoms with van der Waals surface area (Å²) in [6, 6.07) is 4.24. The van der Waals surface area contributed by atoms with Crippen LogP contribution in [0.3, 0.4) is 0 Å². The van der Waals surface area contributed by atoms with Crippen LogP contribution in [0.15, 0.2) is 29.5 Å². The van der Waals surface area contributed by atoms with Gasteiger partial charge in [0.05, 0.1) is 32.4 Å². The fraction of sp³-hybridized carbons (Fsp3) is 0.577. The van der Waals surface area contributed by atoms with E-state index in [4.69, 9.17) is 14.2 Å². The van der Waals surface area contributed by atoms with Crippen LogP contribution in [0.25, 0.3) is 0 Å². The number of para-hydroxylation sites is 1. The van der Waals surface area contributed by atoms with Crippen LogP contribution in [0.4, 0.5) is 4.79 Å². The summed E-state index contributed by atoms with van der Waals surface area (Å²) in [5.41, 5.74) is 1.52. The standard InChI is InChI=1S/C26H38N4O6/c1-7-36-25(32)21-19(16-29-12-9-13-30(15-14-29)24(31)17(2)3)28(4)26(33)27-22(21)18-10-8-11-20(34-5)23(18)35-6/h8,10-11,17,22H,7,9,12-16H2,1-6H3,(H,27,33). The molecule has 0 saturated carbocycles. The largest absolute Gasteiger partial charge is 0.493 e. The highest BCUT2D eigenvalue weighted by Gasteiger charge is 2.39. The van der Waals surface area contributed by atoms with Gasteiger partial charge in [0.2, 0.25) is 5.91 Å². The molecule has 1 aromatic carbocycles. The van der Waals surface area contributed by atoms with Crippen LogP contribution < -0.4 is 14.8 Å². The number of carbonyl (C=O) groups excluding carboxylic acids is 3. The molecule has 10 heteroatoms. The van der Waals surface area contributed by atoms with Gasteiger partial charge in [-0.2, -0.15) is 0 Å². The molecule has 198 valence electrons. The molecular weight excluding hydrogens is 464 g/mol. The Hall–Kier alpha value is -3.27. The van der Waals surface area contributed by atoms with Gasteiger partial charge in [-0.1, -0.05) is 26.0 Å². The summed E-state index contributed by atoms with van der Waals surface area (Å²) in [5, 5.41) is 2.93. The summed E-state index contributed by atoms with van der Waals surface area (Å²) < 4.78 is 16.5. The van der Waals surface area contributed by atoms with E-state index in [0.29, 0.717) is 54.5 Å². The molecule has 0 radical (unpaired) electrons. The van der Waals surface area contributed by atoms with Gasteiger partial charge in [0.1, 0.15) is 0 Å². The van der Waals surface area contributed by atoms with Crippen LogP contribution in [-0.2, 0) is 14.3 Å². The molecule has 3 rings (SSSR count). The summed E-state index contributed by atoms with van der Waals surface area (Å²) in [7, 11) is 4.71. The molecular formula is C26H38N4O6. The van der Waals surface area contributed by atoms with Crippen molar-refractivity contribution in [2.45, 2.75) is 33.2 Å². The second-order valence-electron chi connectivity index (χ2n) is 9.21. The van der Waals surface area contributed by atoms with Crippen molar-refractivity contribution < 1.29 is 28.6 Å². The molecule has 0 bridgehead atoms. The normalized spacial score (nSPS) is 19.2. The van der Waals surface area contributed by atoms with Crippen molar-refractivity contribution in [2.24, 2.45) is 5.92 Å². The molecule has 2 heterocycles. The van der Waals surface area contributed by atoms with Crippen molar-refractivity contribution in [2.75, 3.05) is 60.6 Å². The van der Waals surface area contributed by atoms with Crippen molar-refractivity contribution in [3.05, 3.63) is 35.0 Å². The minimum atomic E-state index is -0.779. The van der Waals surface area contributed by atoms with Gasteiger partial charge in [0.15, 0.2) is 11.5 Å². The van der Waals surface area contributed by atoms with Gasteiger partial charge in [0, 0.05) is 56.9 Å². The van der Waals surface area contributed by atoms with Gasteiger partial charge in [-0.25, -0.2) is 9.59 Å². The molecule has 36 heavy (non-hydrogen) atoms. The molecule has 1 N–H and O–H groups in total. The van der Waals surface area contributed by atoms with E-state index in [1.165, 1.54) is 19.1 Å². The number of likely N-dealkylation sites (N-methyl/N-ethyl adjacent to an activating group) is 1. The molecule has 1 unspecified atom stereocenters. The molecule has 0 aliphatic carbocycles. The Labute approximate surface area is 213 Å². The Morgan fingerprint density at radius 1 is 1.11 bits per heavy atom. The number of hydrogen-bond acceptors (Lipinski definition) is 7. The van der Waals surface area contributed by atoms with Crippen LogP contribution >= 0.6 is 0 Å². The van der Waals surface area contributed by atoms with Crippen LogP contribution in [-0.4, -0.2) is 93.2 Å². The van der Waals surface area contributed by atoms with Gasteiger partial charge in [-0.05, 0) is 19.4 Å². The number of rotatable bonds is 8. The smallest absolute Gasteiger partial charge is 0.338 e. The molecule has 2 aliphatic rings. The Kier molecular flexibility index (Phi) is 9.19. The van der Waals surface area contributed by atoms with E-state index in [1.807, 2.05) is 18.7 Å². The van der Waals surface area contributed by atoms with Crippen LogP contribution in [0.1, 0.15) is 38.8 Å². The first-order valence-electron chi connectivity index (χ1n) is 12.4. The average molecular weight is 503 g/mol. The van der Waals surface area contributed by atoms with Gasteiger partial charge in [0.25, 0.3) is 0 Å². The number of methoxy groups -OCH3 is 2. The third-order valence-electron chi connectivity index (χ3n) is 6.58. The monoisotopic (exact) mass is 502 g/mol. The summed E-state index contributed by atoms with van der Waals surface area (Å²) in [6.45, 7) is 8.80. The van der Waals surface area contributed by atoms with Crippen LogP contribution in [0.5, 0.6) is 11.5 Å². The van der Waals surface area contributed by atoms with E-state index < -0.39 is 12.0 Å². The first kappa shape index (κ1) is 27.3. The highest BCUT2D eigenvalue weighted by Crippen LogP contribution is 2.40. The van der Waals surface area contributed by atoms with E-state index in [0.717, 1.165) is 13.0 Å². The van der Waals surface area contributed by atoms with E-state index in [-0.39, 0.29) is 24.5 Å². The molecule has 1 atom stereocenters. The predicted molar refractivity (Wildman–Crippen MR) is 135 cm³/mol. The Bertz CT molecular complexity index is 1010. The summed E-state index contributed by atoms with van der Waals surface area (Å²) >= 11 is 0. The van der Waals surface area contributed by atoms with Gasteiger partial charge >= 0.3 is 12.0 Å². The van der Waals surface area contributed by atoms with E-state index in [2.05, 4.69) is 10.2 Å². The quantitative estimate of drug-likeness (QED) is 0.545. The number of carbonyl (C=O) groups is 3. The number of nitrogens with zero attached hydrogens (tertiary/aromatic N) is 3. The zero-order valence-electron chi connectivity index (χ0n) is 22.1. The lowest BCUT2D eigenvalue weighted by molar-refractivity contribution is -0.139. The van der Waals surface area contributed by atoms with Crippen molar-refractivity contribution >= 4 is 17.9 Å². The maximum atomic E-state index is 13.3. The molecule has 1 fully saturated rings. The molecule has 2 aliphatic heterocycles. The Morgan fingerprint density at radius 2 is 1.86 bits per heavy atom. The zero-order chi connectivity index (χ0) is 26.4. The number of urea groups is 1. The molecule has 0 aromatic heterocycles. The summed E-state index contributed by atoms with van der Waals surface area (Å²) in [6.07, 6.45) is 0.809.